The van der Waals surface area contributed by atoms with E-state index >= 15 is 0 Å². The van der Waals surface area contributed by atoms with E-state index in [2.05, 4.69) is 15.5 Å². The molecular weight excluding hydrogens is 309 g/mol. The van der Waals surface area contributed by atoms with Gasteiger partial charge in [-0.05, 0) is 25.0 Å². The van der Waals surface area contributed by atoms with Crippen LogP contribution in [-0.4, -0.2) is 14.8 Å². The standard InChI is InChI=1S/C14H19Cl2N5/c1-3-10-14(16)12(21(4-2)20-10)7-11(19-17)9-5-6-13(15)18-8-9/h5-6,8,11,19H,3-4,7,17H2,1-2H3. The van der Waals surface area contributed by atoms with Gasteiger partial charge in [-0.2, -0.15) is 5.10 Å². The van der Waals surface area contributed by atoms with Gasteiger partial charge < -0.3 is 0 Å². The Morgan fingerprint density at radius 1 is 1.33 bits per heavy atom. The number of aryl methyl sites for hydroxylation is 2. The molecule has 0 aliphatic rings. The molecule has 0 spiro atoms. The van der Waals surface area contributed by atoms with Crippen LogP contribution in [0, 0.1) is 0 Å². The van der Waals surface area contributed by atoms with E-state index in [1.807, 2.05) is 24.6 Å². The Balaban J connectivity index is 2.30. The van der Waals surface area contributed by atoms with Gasteiger partial charge in [-0.1, -0.05) is 36.2 Å². The maximum absolute atomic E-state index is 6.43. The number of nitrogens with two attached hydrogens (primary N) is 1. The van der Waals surface area contributed by atoms with Gasteiger partial charge in [0.1, 0.15) is 5.15 Å². The van der Waals surface area contributed by atoms with Crippen molar-refractivity contribution in [1.29, 1.82) is 0 Å². The average Bonchev–Trinajstić information content (AvgIpc) is 2.81. The number of hydrazine groups is 1. The molecule has 0 amide bonds. The predicted molar refractivity (Wildman–Crippen MR) is 85.3 cm³/mol. The maximum Gasteiger partial charge on any atom is 0.129 e. The minimum Gasteiger partial charge on any atom is -0.271 e. The molecular formula is C14H19Cl2N5. The molecule has 1 atom stereocenters. The van der Waals surface area contributed by atoms with Crippen LogP contribution < -0.4 is 11.3 Å². The molecule has 1 unspecified atom stereocenters. The molecule has 2 aromatic rings. The number of nitrogens with one attached hydrogen (secondary N) is 1. The summed E-state index contributed by atoms with van der Waals surface area (Å²) in [5, 5.41) is 5.70. The molecule has 0 bridgehead atoms. The molecule has 5 nitrogen and oxygen atoms in total. The fourth-order valence-corrected chi connectivity index (χ4v) is 2.73. The predicted octanol–water partition coefficient (Wildman–Crippen LogP) is 2.91. The molecule has 0 saturated heterocycles. The fourth-order valence-electron chi connectivity index (χ4n) is 2.27. The average molecular weight is 328 g/mol. The number of rotatable bonds is 6. The number of hydrogen-bond acceptors (Lipinski definition) is 4. The van der Waals surface area contributed by atoms with E-state index in [-0.39, 0.29) is 6.04 Å². The second-order valence-corrected chi connectivity index (χ2v) is 5.48. The van der Waals surface area contributed by atoms with Crippen molar-refractivity contribution in [1.82, 2.24) is 20.2 Å². The van der Waals surface area contributed by atoms with Crippen molar-refractivity contribution in [2.24, 2.45) is 5.84 Å². The normalized spacial score (nSPS) is 12.6. The van der Waals surface area contributed by atoms with Gasteiger partial charge >= 0.3 is 0 Å². The summed E-state index contributed by atoms with van der Waals surface area (Å²) in [6.07, 6.45) is 3.16. The third-order valence-corrected chi connectivity index (χ3v) is 4.11. The molecule has 3 N–H and O–H groups in total. The molecule has 2 aromatic heterocycles. The second-order valence-electron chi connectivity index (χ2n) is 4.71. The van der Waals surface area contributed by atoms with E-state index in [1.165, 1.54) is 0 Å². The van der Waals surface area contributed by atoms with Crippen LogP contribution >= 0.6 is 23.2 Å². The molecule has 2 heterocycles. The summed E-state index contributed by atoms with van der Waals surface area (Å²) in [7, 11) is 0. The summed E-state index contributed by atoms with van der Waals surface area (Å²) in [5.41, 5.74) is 5.66. The molecule has 21 heavy (non-hydrogen) atoms. The molecule has 2 rings (SSSR count). The SMILES string of the molecule is CCc1nn(CC)c(CC(NN)c2ccc(Cl)nc2)c1Cl. The van der Waals surface area contributed by atoms with Crippen LogP contribution in [0.5, 0.6) is 0 Å². The smallest absolute Gasteiger partial charge is 0.129 e. The van der Waals surface area contributed by atoms with Crippen molar-refractivity contribution < 1.29 is 0 Å². The summed E-state index contributed by atoms with van der Waals surface area (Å²) in [6.45, 7) is 4.85. The number of halogens is 2. The van der Waals surface area contributed by atoms with E-state index < -0.39 is 0 Å². The second kappa shape index (κ2) is 7.22. The van der Waals surface area contributed by atoms with Gasteiger partial charge in [0.25, 0.3) is 0 Å². The highest BCUT2D eigenvalue weighted by molar-refractivity contribution is 6.32. The van der Waals surface area contributed by atoms with Crippen molar-refractivity contribution in [3.05, 3.63) is 45.5 Å². The summed E-state index contributed by atoms with van der Waals surface area (Å²) in [4.78, 5) is 4.09. The van der Waals surface area contributed by atoms with Gasteiger partial charge in [0.05, 0.1) is 22.5 Å². The fraction of sp³-hybridized carbons (Fsp3) is 0.429. The van der Waals surface area contributed by atoms with Crippen LogP contribution in [0.3, 0.4) is 0 Å². The molecule has 0 radical (unpaired) electrons. The Morgan fingerprint density at radius 3 is 2.62 bits per heavy atom. The van der Waals surface area contributed by atoms with Crippen LogP contribution in [0.2, 0.25) is 10.2 Å². The van der Waals surface area contributed by atoms with Gasteiger partial charge in [0.2, 0.25) is 0 Å². The lowest BCUT2D eigenvalue weighted by Gasteiger charge is -2.17. The highest BCUT2D eigenvalue weighted by Gasteiger charge is 2.19. The van der Waals surface area contributed by atoms with Gasteiger partial charge in [-0.15, -0.1) is 0 Å². The lowest BCUT2D eigenvalue weighted by molar-refractivity contribution is 0.515. The van der Waals surface area contributed by atoms with E-state index in [1.54, 1.807) is 12.3 Å². The van der Waals surface area contributed by atoms with Gasteiger partial charge in [0, 0.05) is 19.2 Å². The Labute approximate surface area is 134 Å². The number of pyridine rings is 1. The van der Waals surface area contributed by atoms with E-state index in [0.29, 0.717) is 11.6 Å². The molecule has 7 heteroatoms. The summed E-state index contributed by atoms with van der Waals surface area (Å²) in [6, 6.07) is 3.55. The van der Waals surface area contributed by atoms with Crippen molar-refractivity contribution in [3.63, 3.8) is 0 Å². The van der Waals surface area contributed by atoms with Gasteiger partial charge in [-0.25, -0.2) is 4.98 Å². The number of aromatic nitrogens is 3. The van der Waals surface area contributed by atoms with E-state index in [9.17, 15) is 0 Å². The highest BCUT2D eigenvalue weighted by atomic mass is 35.5. The molecule has 0 saturated carbocycles. The first-order chi connectivity index (χ1) is 10.1. The molecule has 0 fully saturated rings. The van der Waals surface area contributed by atoms with Crippen molar-refractivity contribution in [2.45, 2.75) is 39.3 Å². The van der Waals surface area contributed by atoms with Crippen molar-refractivity contribution >= 4 is 23.2 Å². The van der Waals surface area contributed by atoms with Gasteiger partial charge in [0.15, 0.2) is 0 Å². The zero-order chi connectivity index (χ0) is 15.4. The zero-order valence-corrected chi connectivity index (χ0v) is 13.6. The highest BCUT2D eigenvalue weighted by Crippen LogP contribution is 2.26. The van der Waals surface area contributed by atoms with Crippen LogP contribution in [0.15, 0.2) is 18.3 Å². The van der Waals surface area contributed by atoms with Crippen molar-refractivity contribution in [2.75, 3.05) is 0 Å². The molecule has 0 aliphatic heterocycles. The lowest BCUT2D eigenvalue weighted by atomic mass is 10.0. The third-order valence-electron chi connectivity index (χ3n) is 3.45. The maximum atomic E-state index is 6.43. The minimum absolute atomic E-state index is 0.0982. The lowest BCUT2D eigenvalue weighted by Crippen LogP contribution is -2.30. The zero-order valence-electron chi connectivity index (χ0n) is 12.1. The van der Waals surface area contributed by atoms with Crippen LogP contribution in [0.4, 0.5) is 0 Å². The first kappa shape index (κ1) is 16.2. The molecule has 0 aliphatic carbocycles. The van der Waals surface area contributed by atoms with Crippen LogP contribution in [-0.2, 0) is 19.4 Å². The molecule has 0 aromatic carbocycles. The largest absolute Gasteiger partial charge is 0.271 e. The summed E-state index contributed by atoms with van der Waals surface area (Å²) < 4.78 is 1.93. The third kappa shape index (κ3) is 3.55. The Hall–Kier alpha value is -1.14. The Bertz CT molecular complexity index is 594. The Morgan fingerprint density at radius 2 is 2.10 bits per heavy atom. The minimum atomic E-state index is -0.0982. The van der Waals surface area contributed by atoms with E-state index in [0.717, 1.165) is 34.9 Å². The summed E-state index contributed by atoms with van der Waals surface area (Å²) >= 11 is 12.3. The Kier molecular flexibility index (Phi) is 5.58. The molecule has 114 valence electrons. The van der Waals surface area contributed by atoms with Crippen LogP contribution in [0.1, 0.15) is 36.8 Å². The topological polar surface area (TPSA) is 68.8 Å². The van der Waals surface area contributed by atoms with Crippen molar-refractivity contribution in [3.8, 4) is 0 Å². The van der Waals surface area contributed by atoms with E-state index in [4.69, 9.17) is 29.0 Å². The first-order valence-corrected chi connectivity index (χ1v) is 7.67. The quantitative estimate of drug-likeness (QED) is 0.486. The van der Waals surface area contributed by atoms with Gasteiger partial charge in [-0.3, -0.25) is 16.0 Å². The number of hydrogen-bond donors (Lipinski definition) is 2. The van der Waals surface area contributed by atoms with Crippen LogP contribution in [0.25, 0.3) is 0 Å². The monoisotopic (exact) mass is 327 g/mol. The first-order valence-electron chi connectivity index (χ1n) is 6.92. The summed E-state index contributed by atoms with van der Waals surface area (Å²) in [5.74, 6) is 5.69. The number of nitrogens with zero attached hydrogens (tertiary/aromatic N) is 3.